The van der Waals surface area contributed by atoms with Crippen LogP contribution in [0, 0.1) is 6.92 Å². The van der Waals surface area contributed by atoms with Crippen molar-refractivity contribution in [1.29, 1.82) is 0 Å². The molecule has 1 amide bonds. The van der Waals surface area contributed by atoms with Crippen LogP contribution in [0.25, 0.3) is 5.69 Å². The molecule has 0 fully saturated rings. The molecule has 0 bridgehead atoms. The molecule has 0 aliphatic rings. The minimum Gasteiger partial charge on any atom is -0.383 e. The zero-order chi connectivity index (χ0) is 24.9. The van der Waals surface area contributed by atoms with E-state index < -0.39 is 11.2 Å². The van der Waals surface area contributed by atoms with E-state index in [1.54, 1.807) is 13.3 Å². The Kier molecular flexibility index (Phi) is 7.16. The third-order valence-corrected chi connectivity index (χ3v) is 6.43. The number of hydrogen-bond donors (Lipinski definition) is 2. The standard InChI is InChI=1S/C24H25N7O3S/c1-3-29(19(32)14-35-24-28-26-15-31(24)18-12-8-7-9-16(18)2)20-21(25)30(23(34)27-22(20)33)13-17-10-5-4-6-11-17/h4-12,15H,3,13-14,25H2,1-2H3,(H,27,33,34). The maximum Gasteiger partial charge on any atom is 0.330 e. The third-order valence-electron chi connectivity index (χ3n) is 5.50. The van der Waals surface area contributed by atoms with Crippen LogP contribution >= 0.6 is 11.8 Å². The fourth-order valence-corrected chi connectivity index (χ4v) is 4.54. The number of hydrogen-bond acceptors (Lipinski definition) is 7. The number of rotatable bonds is 8. The smallest absolute Gasteiger partial charge is 0.330 e. The Hall–Kier alpha value is -4.12. The maximum absolute atomic E-state index is 13.2. The molecule has 3 N–H and O–H groups in total. The van der Waals surface area contributed by atoms with Crippen LogP contribution in [0.15, 0.2) is 75.7 Å². The summed E-state index contributed by atoms with van der Waals surface area (Å²) in [4.78, 5) is 42.0. The van der Waals surface area contributed by atoms with Gasteiger partial charge in [-0.25, -0.2) is 4.79 Å². The molecule has 0 unspecified atom stereocenters. The van der Waals surface area contributed by atoms with Gasteiger partial charge >= 0.3 is 5.69 Å². The molecule has 0 aliphatic carbocycles. The van der Waals surface area contributed by atoms with Crippen LogP contribution in [0.4, 0.5) is 11.5 Å². The number of aromatic nitrogens is 5. The van der Waals surface area contributed by atoms with Crippen LogP contribution < -0.4 is 21.9 Å². The minimum atomic E-state index is -0.708. The highest BCUT2D eigenvalue weighted by Crippen LogP contribution is 2.24. The van der Waals surface area contributed by atoms with E-state index in [9.17, 15) is 14.4 Å². The molecule has 0 atom stereocenters. The second kappa shape index (κ2) is 10.4. The number of amides is 1. The van der Waals surface area contributed by atoms with Crippen molar-refractivity contribution in [2.45, 2.75) is 25.5 Å². The van der Waals surface area contributed by atoms with Gasteiger partial charge in [0.05, 0.1) is 18.0 Å². The topological polar surface area (TPSA) is 132 Å². The first-order valence-electron chi connectivity index (χ1n) is 11.0. The van der Waals surface area contributed by atoms with Crippen molar-refractivity contribution < 1.29 is 4.79 Å². The SMILES string of the molecule is CCN(C(=O)CSc1nncn1-c1ccccc1C)c1c(N)n(Cc2ccccc2)c(=O)[nH]c1=O. The Bertz CT molecular complexity index is 1460. The molecule has 11 heteroatoms. The monoisotopic (exact) mass is 491 g/mol. The van der Waals surface area contributed by atoms with E-state index in [0.29, 0.717) is 5.16 Å². The van der Waals surface area contributed by atoms with Gasteiger partial charge in [-0.05, 0) is 31.0 Å². The lowest BCUT2D eigenvalue weighted by molar-refractivity contribution is -0.116. The number of thioether (sulfide) groups is 1. The Labute approximate surface area is 205 Å². The number of nitrogens with two attached hydrogens (primary N) is 1. The summed E-state index contributed by atoms with van der Waals surface area (Å²) in [5, 5.41) is 8.66. The number of carbonyl (C=O) groups excluding carboxylic acids is 1. The second-order valence-electron chi connectivity index (χ2n) is 7.76. The summed E-state index contributed by atoms with van der Waals surface area (Å²) in [6.07, 6.45) is 1.59. The number of benzene rings is 2. The van der Waals surface area contributed by atoms with Crippen molar-refractivity contribution in [1.82, 2.24) is 24.3 Å². The van der Waals surface area contributed by atoms with Crippen molar-refractivity contribution >= 4 is 29.2 Å². The molecule has 2 heterocycles. The molecule has 10 nitrogen and oxygen atoms in total. The zero-order valence-electron chi connectivity index (χ0n) is 19.3. The third kappa shape index (κ3) is 5.04. The van der Waals surface area contributed by atoms with E-state index in [4.69, 9.17) is 5.73 Å². The number of nitrogens with one attached hydrogen (secondary N) is 1. The van der Waals surface area contributed by atoms with Gasteiger partial charge in [0.1, 0.15) is 12.1 Å². The molecular formula is C24H25N7O3S. The van der Waals surface area contributed by atoms with Crippen molar-refractivity contribution in [3.8, 4) is 5.69 Å². The van der Waals surface area contributed by atoms with Crippen molar-refractivity contribution in [3.05, 3.63) is 92.9 Å². The molecule has 0 aliphatic heterocycles. The number of nitrogen functional groups attached to an aromatic ring is 1. The van der Waals surface area contributed by atoms with Crippen LogP contribution in [0.1, 0.15) is 18.1 Å². The summed E-state index contributed by atoms with van der Waals surface area (Å²) in [5.74, 6) is -0.417. The van der Waals surface area contributed by atoms with E-state index in [0.717, 1.165) is 16.8 Å². The number of carbonyl (C=O) groups is 1. The van der Waals surface area contributed by atoms with E-state index in [1.807, 2.05) is 66.1 Å². The lowest BCUT2D eigenvalue weighted by Crippen LogP contribution is -2.41. The Morgan fingerprint density at radius 3 is 2.54 bits per heavy atom. The lowest BCUT2D eigenvalue weighted by atomic mass is 10.2. The molecular weight excluding hydrogens is 466 g/mol. The molecule has 2 aromatic heterocycles. The molecule has 0 spiro atoms. The molecule has 0 saturated carbocycles. The molecule has 35 heavy (non-hydrogen) atoms. The first kappa shape index (κ1) is 24.0. The molecule has 0 radical (unpaired) electrons. The molecule has 4 aromatic rings. The van der Waals surface area contributed by atoms with Crippen molar-refractivity contribution in [2.24, 2.45) is 0 Å². The van der Waals surface area contributed by atoms with Gasteiger partial charge in [0.25, 0.3) is 5.56 Å². The summed E-state index contributed by atoms with van der Waals surface area (Å²) in [5.41, 5.74) is 7.66. The van der Waals surface area contributed by atoms with Gasteiger partial charge in [-0.15, -0.1) is 10.2 Å². The van der Waals surface area contributed by atoms with Crippen LogP contribution in [0.3, 0.4) is 0 Å². The molecule has 180 valence electrons. The van der Waals surface area contributed by atoms with Crippen LogP contribution in [0.2, 0.25) is 0 Å². The first-order valence-corrected chi connectivity index (χ1v) is 11.9. The number of nitrogens with zero attached hydrogens (tertiary/aromatic N) is 5. The van der Waals surface area contributed by atoms with E-state index in [-0.39, 0.29) is 36.3 Å². The largest absolute Gasteiger partial charge is 0.383 e. The van der Waals surface area contributed by atoms with Gasteiger partial charge in [-0.1, -0.05) is 60.3 Å². The zero-order valence-corrected chi connectivity index (χ0v) is 20.2. The summed E-state index contributed by atoms with van der Waals surface area (Å²) in [6, 6.07) is 17.0. The normalized spacial score (nSPS) is 10.9. The van der Waals surface area contributed by atoms with Crippen molar-refractivity contribution in [2.75, 3.05) is 22.9 Å². The van der Waals surface area contributed by atoms with Crippen molar-refractivity contribution in [3.63, 3.8) is 0 Å². The first-order chi connectivity index (χ1) is 16.9. The van der Waals surface area contributed by atoms with Gasteiger partial charge in [-0.3, -0.25) is 23.7 Å². The highest BCUT2D eigenvalue weighted by molar-refractivity contribution is 7.99. The van der Waals surface area contributed by atoms with Gasteiger partial charge in [0, 0.05) is 6.54 Å². The average Bonchev–Trinajstić information content (AvgIpc) is 3.32. The number of aryl methyl sites for hydroxylation is 1. The van der Waals surface area contributed by atoms with E-state index in [1.165, 1.54) is 21.2 Å². The van der Waals surface area contributed by atoms with E-state index >= 15 is 0 Å². The van der Waals surface area contributed by atoms with Gasteiger partial charge in [0.15, 0.2) is 10.8 Å². The van der Waals surface area contributed by atoms with Gasteiger partial charge < -0.3 is 10.6 Å². The summed E-state index contributed by atoms with van der Waals surface area (Å²) in [7, 11) is 0. The molecule has 0 saturated heterocycles. The Morgan fingerprint density at radius 1 is 1.11 bits per heavy atom. The Balaban J connectivity index is 1.59. The summed E-state index contributed by atoms with van der Waals surface area (Å²) in [6.45, 7) is 4.08. The average molecular weight is 492 g/mol. The van der Waals surface area contributed by atoms with Crippen LogP contribution in [-0.2, 0) is 11.3 Å². The fraction of sp³-hybridized carbons (Fsp3) is 0.208. The maximum atomic E-state index is 13.2. The van der Waals surface area contributed by atoms with Crippen LogP contribution in [0.5, 0.6) is 0 Å². The highest BCUT2D eigenvalue weighted by Gasteiger charge is 2.24. The minimum absolute atomic E-state index is 0.00485. The predicted octanol–water partition coefficient (Wildman–Crippen LogP) is 2.20. The second-order valence-corrected chi connectivity index (χ2v) is 8.70. The number of anilines is 2. The van der Waals surface area contributed by atoms with Gasteiger partial charge in [0.2, 0.25) is 5.91 Å². The highest BCUT2D eigenvalue weighted by atomic mass is 32.2. The predicted molar refractivity (Wildman–Crippen MR) is 136 cm³/mol. The lowest BCUT2D eigenvalue weighted by Gasteiger charge is -2.23. The number of para-hydroxylation sites is 1. The number of aromatic amines is 1. The van der Waals surface area contributed by atoms with Gasteiger partial charge in [-0.2, -0.15) is 0 Å². The Morgan fingerprint density at radius 2 is 1.83 bits per heavy atom. The molecule has 4 rings (SSSR count). The summed E-state index contributed by atoms with van der Waals surface area (Å²) >= 11 is 1.20. The summed E-state index contributed by atoms with van der Waals surface area (Å²) < 4.78 is 3.06. The molecule has 2 aromatic carbocycles. The quantitative estimate of drug-likeness (QED) is 0.361. The number of H-pyrrole nitrogens is 1. The van der Waals surface area contributed by atoms with E-state index in [2.05, 4.69) is 15.2 Å². The fourth-order valence-electron chi connectivity index (χ4n) is 3.75. The van der Waals surface area contributed by atoms with Crippen LogP contribution in [-0.4, -0.2) is 42.5 Å².